The lowest BCUT2D eigenvalue weighted by atomic mass is 10.0. The zero-order chi connectivity index (χ0) is 22.1. The quantitative estimate of drug-likeness (QED) is 0.599. The zero-order valence-electron chi connectivity index (χ0n) is 16.5. The van der Waals surface area contributed by atoms with E-state index in [1.807, 2.05) is 19.1 Å². The lowest BCUT2D eigenvalue weighted by molar-refractivity contribution is -0.274. The average molecular weight is 487 g/mol. The van der Waals surface area contributed by atoms with Gasteiger partial charge in [0.25, 0.3) is 0 Å². The minimum atomic E-state index is -4.77. The molecule has 30 heavy (non-hydrogen) atoms. The van der Waals surface area contributed by atoms with Gasteiger partial charge in [-0.1, -0.05) is 36.4 Å². The third-order valence-corrected chi connectivity index (χ3v) is 4.59. The predicted molar refractivity (Wildman–Crippen MR) is 113 cm³/mol. The van der Waals surface area contributed by atoms with Gasteiger partial charge in [0.2, 0.25) is 0 Å². The van der Waals surface area contributed by atoms with Gasteiger partial charge in [0, 0.05) is 25.5 Å². The number of benzene rings is 1. The maximum atomic E-state index is 12.7. The SMILES string of the molecule is CCOC.OCc1nn(C2=CCC=CC(c3ccccc3OC(F)(F)F)=C2)cc1Br. The van der Waals surface area contributed by atoms with Gasteiger partial charge in [-0.2, -0.15) is 5.10 Å². The maximum absolute atomic E-state index is 12.7. The average Bonchev–Trinajstić information content (AvgIpc) is 2.92. The van der Waals surface area contributed by atoms with E-state index in [0.29, 0.717) is 33.4 Å². The van der Waals surface area contributed by atoms with E-state index >= 15 is 0 Å². The summed E-state index contributed by atoms with van der Waals surface area (Å²) in [5, 5.41) is 13.6. The van der Waals surface area contributed by atoms with Crippen LogP contribution in [0, 0.1) is 0 Å². The van der Waals surface area contributed by atoms with Crippen LogP contribution in [0.1, 0.15) is 24.6 Å². The van der Waals surface area contributed by atoms with Crippen molar-refractivity contribution in [3.63, 3.8) is 0 Å². The monoisotopic (exact) mass is 486 g/mol. The molecule has 0 aliphatic heterocycles. The second-order valence-electron chi connectivity index (χ2n) is 6.01. The van der Waals surface area contributed by atoms with Crippen LogP contribution in [-0.4, -0.2) is 35.0 Å². The molecule has 0 saturated heterocycles. The van der Waals surface area contributed by atoms with Gasteiger partial charge >= 0.3 is 6.36 Å². The smallest absolute Gasteiger partial charge is 0.405 e. The summed E-state index contributed by atoms with van der Waals surface area (Å²) < 4.78 is 49.0. The number of aliphatic hydroxyl groups excluding tert-OH is 1. The van der Waals surface area contributed by atoms with E-state index in [1.54, 1.807) is 42.3 Å². The molecular formula is C21H22BrF3N2O3. The summed E-state index contributed by atoms with van der Waals surface area (Å²) in [5.74, 6) is -0.269. The molecule has 1 aliphatic carbocycles. The summed E-state index contributed by atoms with van der Waals surface area (Å²) in [6, 6.07) is 5.98. The molecule has 0 spiro atoms. The van der Waals surface area contributed by atoms with E-state index in [2.05, 4.69) is 30.5 Å². The Morgan fingerprint density at radius 2 is 1.97 bits per heavy atom. The molecule has 162 valence electrons. The Kier molecular flexibility index (Phi) is 8.88. The second kappa shape index (κ2) is 11.1. The molecule has 0 fully saturated rings. The zero-order valence-corrected chi connectivity index (χ0v) is 18.1. The first-order valence-corrected chi connectivity index (χ1v) is 9.86. The van der Waals surface area contributed by atoms with Crippen molar-refractivity contribution in [2.45, 2.75) is 26.3 Å². The molecule has 0 amide bonds. The van der Waals surface area contributed by atoms with Gasteiger partial charge in [-0.15, -0.1) is 13.2 Å². The molecule has 9 heteroatoms. The molecule has 0 bridgehead atoms. The number of rotatable bonds is 5. The van der Waals surface area contributed by atoms with Gasteiger partial charge in [0.1, 0.15) is 11.4 Å². The van der Waals surface area contributed by atoms with Crippen LogP contribution in [0.3, 0.4) is 0 Å². The van der Waals surface area contributed by atoms with Gasteiger partial charge < -0.3 is 14.6 Å². The standard InChI is InChI=1S/C18H14BrF3N2O2.C3H8O/c19-15-10-24(23-16(15)11-25)13-6-2-1-5-12(9-13)14-7-3-4-8-17(14)26-18(20,21)22;1-3-4-2/h1,3-10,25H,2,11H2;3H2,1-2H3. The van der Waals surface area contributed by atoms with Crippen molar-refractivity contribution in [1.29, 1.82) is 0 Å². The van der Waals surface area contributed by atoms with E-state index in [9.17, 15) is 18.3 Å². The van der Waals surface area contributed by atoms with Gasteiger partial charge in [-0.25, -0.2) is 4.68 Å². The van der Waals surface area contributed by atoms with E-state index in [1.165, 1.54) is 12.1 Å². The first-order valence-electron chi connectivity index (χ1n) is 9.06. The van der Waals surface area contributed by atoms with Crippen LogP contribution >= 0.6 is 15.9 Å². The number of aromatic nitrogens is 2. The van der Waals surface area contributed by atoms with Crippen molar-refractivity contribution in [2.75, 3.05) is 13.7 Å². The van der Waals surface area contributed by atoms with E-state index in [-0.39, 0.29) is 12.4 Å². The summed E-state index contributed by atoms with van der Waals surface area (Å²) in [4.78, 5) is 0. The number of para-hydroxylation sites is 1. The molecule has 5 nitrogen and oxygen atoms in total. The van der Waals surface area contributed by atoms with Crippen LogP contribution in [0.25, 0.3) is 11.3 Å². The van der Waals surface area contributed by atoms with Gasteiger partial charge in [-0.05, 0) is 47.0 Å². The number of alkyl halides is 3. The molecule has 1 aliphatic rings. The normalized spacial score (nSPS) is 13.7. The molecular weight excluding hydrogens is 465 g/mol. The Labute approximate surface area is 181 Å². The molecule has 0 saturated carbocycles. The van der Waals surface area contributed by atoms with Gasteiger partial charge in [0.15, 0.2) is 0 Å². The molecule has 0 radical (unpaired) electrons. The highest BCUT2D eigenvalue weighted by atomic mass is 79.9. The number of hydrogen-bond donors (Lipinski definition) is 1. The fraction of sp³-hybridized carbons (Fsp3) is 0.286. The number of allylic oxidation sites excluding steroid dienone is 6. The highest BCUT2D eigenvalue weighted by Crippen LogP contribution is 2.33. The predicted octanol–water partition coefficient (Wildman–Crippen LogP) is 5.57. The summed E-state index contributed by atoms with van der Waals surface area (Å²) in [6.07, 6.45) is 4.70. The molecule has 1 heterocycles. The maximum Gasteiger partial charge on any atom is 0.573 e. The second-order valence-corrected chi connectivity index (χ2v) is 6.87. The first-order chi connectivity index (χ1) is 14.3. The van der Waals surface area contributed by atoms with Crippen molar-refractivity contribution in [1.82, 2.24) is 9.78 Å². The van der Waals surface area contributed by atoms with Crippen LogP contribution in [0.2, 0.25) is 0 Å². The lowest BCUT2D eigenvalue weighted by Crippen LogP contribution is -2.18. The summed E-state index contributed by atoms with van der Waals surface area (Å²) in [7, 11) is 1.68. The lowest BCUT2D eigenvalue weighted by Gasteiger charge is -2.14. The first kappa shape index (κ1) is 23.9. The Balaban J connectivity index is 0.000000735. The van der Waals surface area contributed by atoms with Crippen molar-refractivity contribution >= 4 is 27.2 Å². The van der Waals surface area contributed by atoms with Crippen LogP contribution < -0.4 is 4.74 Å². The molecule has 0 atom stereocenters. The number of halogens is 4. The van der Waals surface area contributed by atoms with Gasteiger partial charge in [0.05, 0.1) is 16.8 Å². The summed E-state index contributed by atoms with van der Waals surface area (Å²) >= 11 is 3.32. The minimum absolute atomic E-state index is 0.224. The van der Waals surface area contributed by atoms with E-state index in [4.69, 9.17) is 0 Å². The molecule has 1 aromatic heterocycles. The van der Waals surface area contributed by atoms with Crippen molar-refractivity contribution in [3.05, 3.63) is 70.5 Å². The molecule has 1 N–H and O–H groups in total. The fourth-order valence-electron chi connectivity index (χ4n) is 2.52. The van der Waals surface area contributed by atoms with Crippen LogP contribution in [0.4, 0.5) is 13.2 Å². The number of nitrogens with zero attached hydrogens (tertiary/aromatic N) is 2. The molecule has 1 aromatic carbocycles. The molecule has 2 aromatic rings. The Morgan fingerprint density at radius 3 is 2.57 bits per heavy atom. The van der Waals surface area contributed by atoms with Crippen molar-refractivity contribution in [2.24, 2.45) is 0 Å². The summed E-state index contributed by atoms with van der Waals surface area (Å²) in [6.45, 7) is 2.55. The highest BCUT2D eigenvalue weighted by Gasteiger charge is 2.32. The van der Waals surface area contributed by atoms with Crippen molar-refractivity contribution in [3.8, 4) is 5.75 Å². The summed E-state index contributed by atoms with van der Waals surface area (Å²) in [5.41, 5.74) is 2.03. The Hall–Kier alpha value is -2.36. The largest absolute Gasteiger partial charge is 0.573 e. The van der Waals surface area contributed by atoms with Crippen LogP contribution in [-0.2, 0) is 11.3 Å². The third-order valence-electron chi connectivity index (χ3n) is 3.93. The molecule has 0 unspecified atom stereocenters. The number of methoxy groups -OCH3 is 1. The number of ether oxygens (including phenoxy) is 2. The number of aliphatic hydroxyl groups is 1. The Morgan fingerprint density at radius 1 is 1.27 bits per heavy atom. The molecule has 3 rings (SSSR count). The fourth-order valence-corrected chi connectivity index (χ4v) is 2.92. The van der Waals surface area contributed by atoms with Crippen LogP contribution in [0.15, 0.2) is 59.2 Å². The topological polar surface area (TPSA) is 56.5 Å². The Bertz CT molecular complexity index is 932. The number of hydrogen-bond acceptors (Lipinski definition) is 4. The van der Waals surface area contributed by atoms with Gasteiger partial charge in [-0.3, -0.25) is 0 Å². The van der Waals surface area contributed by atoms with E-state index in [0.717, 1.165) is 6.61 Å². The highest BCUT2D eigenvalue weighted by molar-refractivity contribution is 9.10. The minimum Gasteiger partial charge on any atom is -0.405 e. The van der Waals surface area contributed by atoms with Crippen molar-refractivity contribution < 1.29 is 27.8 Å². The van der Waals surface area contributed by atoms with Crippen LogP contribution in [0.5, 0.6) is 5.75 Å². The third kappa shape index (κ3) is 6.86. The van der Waals surface area contributed by atoms with E-state index < -0.39 is 6.36 Å².